The largest absolute Gasteiger partial charge is 0.358 e. The molecule has 0 fully saturated rings. The van der Waals surface area contributed by atoms with Gasteiger partial charge in [-0.05, 0) is 37.6 Å². The number of rotatable bonds is 4. The first kappa shape index (κ1) is 14.6. The van der Waals surface area contributed by atoms with Crippen molar-refractivity contribution in [1.82, 2.24) is 10.3 Å². The molecule has 1 aromatic heterocycles. The maximum atomic E-state index is 12.0. The molecular formula is C14H18N2O3S. The maximum absolute atomic E-state index is 12.0. The van der Waals surface area contributed by atoms with Crippen LogP contribution in [0.5, 0.6) is 0 Å². The van der Waals surface area contributed by atoms with Gasteiger partial charge in [0.15, 0.2) is 0 Å². The van der Waals surface area contributed by atoms with Crippen LogP contribution >= 0.6 is 0 Å². The van der Waals surface area contributed by atoms with Crippen LogP contribution in [0.15, 0.2) is 18.2 Å². The Bertz CT molecular complexity index is 760. The lowest BCUT2D eigenvalue weighted by molar-refractivity contribution is 0.0956. The Morgan fingerprint density at radius 1 is 1.30 bits per heavy atom. The Kier molecular flexibility index (Phi) is 3.85. The number of nitrogens with one attached hydrogen (secondary N) is 2. The maximum Gasteiger partial charge on any atom is 0.251 e. The third-order valence-electron chi connectivity index (χ3n) is 3.33. The molecule has 20 heavy (non-hydrogen) atoms. The third kappa shape index (κ3) is 3.19. The minimum Gasteiger partial charge on any atom is -0.358 e. The van der Waals surface area contributed by atoms with E-state index in [9.17, 15) is 13.2 Å². The lowest BCUT2D eigenvalue weighted by atomic mass is 10.1. The topological polar surface area (TPSA) is 79.0 Å². The van der Waals surface area contributed by atoms with Gasteiger partial charge in [-0.2, -0.15) is 0 Å². The van der Waals surface area contributed by atoms with Gasteiger partial charge in [0, 0.05) is 35.0 Å². The van der Waals surface area contributed by atoms with Gasteiger partial charge in [-0.25, -0.2) is 8.42 Å². The van der Waals surface area contributed by atoms with Crippen LogP contribution in [0.1, 0.15) is 21.6 Å². The fourth-order valence-corrected chi connectivity index (χ4v) is 2.53. The summed E-state index contributed by atoms with van der Waals surface area (Å²) in [5.41, 5.74) is 3.72. The zero-order chi connectivity index (χ0) is 14.9. The average molecular weight is 294 g/mol. The number of aromatic amines is 1. The SMILES string of the molecule is Cc1[nH]c2ccc(C(=O)NCCS(C)(=O)=O)cc2c1C. The fraction of sp³-hybridized carbons (Fsp3) is 0.357. The zero-order valence-electron chi connectivity index (χ0n) is 11.8. The molecule has 0 bridgehead atoms. The van der Waals surface area contributed by atoms with Crippen LogP contribution in [-0.4, -0.2) is 37.9 Å². The van der Waals surface area contributed by atoms with E-state index in [-0.39, 0.29) is 18.2 Å². The highest BCUT2D eigenvalue weighted by atomic mass is 32.2. The van der Waals surface area contributed by atoms with Gasteiger partial charge in [-0.1, -0.05) is 0 Å². The van der Waals surface area contributed by atoms with E-state index < -0.39 is 9.84 Å². The van der Waals surface area contributed by atoms with E-state index in [0.717, 1.165) is 28.4 Å². The number of benzene rings is 1. The van der Waals surface area contributed by atoms with Crippen molar-refractivity contribution in [2.24, 2.45) is 0 Å². The lowest BCUT2D eigenvalue weighted by Gasteiger charge is -2.05. The Labute approximate surface area is 118 Å². The second-order valence-corrected chi connectivity index (χ2v) is 7.28. The molecule has 1 heterocycles. The first-order valence-corrected chi connectivity index (χ1v) is 8.39. The molecular weight excluding hydrogens is 276 g/mol. The number of sulfone groups is 1. The summed E-state index contributed by atoms with van der Waals surface area (Å²) in [6, 6.07) is 5.41. The first-order chi connectivity index (χ1) is 9.28. The lowest BCUT2D eigenvalue weighted by Crippen LogP contribution is -2.28. The van der Waals surface area contributed by atoms with Gasteiger partial charge >= 0.3 is 0 Å². The number of H-pyrrole nitrogens is 1. The van der Waals surface area contributed by atoms with Gasteiger partial charge in [-0.3, -0.25) is 4.79 Å². The van der Waals surface area contributed by atoms with Gasteiger partial charge in [0.05, 0.1) is 5.75 Å². The number of aryl methyl sites for hydroxylation is 2. The molecule has 1 aromatic carbocycles. The van der Waals surface area contributed by atoms with Crippen LogP contribution < -0.4 is 5.32 Å². The van der Waals surface area contributed by atoms with Crippen LogP contribution in [0.4, 0.5) is 0 Å². The summed E-state index contributed by atoms with van der Waals surface area (Å²) in [4.78, 5) is 15.2. The smallest absolute Gasteiger partial charge is 0.251 e. The Balaban J connectivity index is 2.16. The summed E-state index contributed by atoms with van der Waals surface area (Å²) < 4.78 is 22.0. The highest BCUT2D eigenvalue weighted by Gasteiger charge is 2.10. The molecule has 0 aliphatic heterocycles. The summed E-state index contributed by atoms with van der Waals surface area (Å²) in [5.74, 6) is -0.308. The molecule has 2 N–H and O–H groups in total. The third-order valence-corrected chi connectivity index (χ3v) is 4.27. The quantitative estimate of drug-likeness (QED) is 0.898. The zero-order valence-corrected chi connectivity index (χ0v) is 12.6. The molecule has 6 heteroatoms. The van der Waals surface area contributed by atoms with Gasteiger partial charge in [0.1, 0.15) is 9.84 Å². The molecule has 0 atom stereocenters. The Hall–Kier alpha value is -1.82. The van der Waals surface area contributed by atoms with Crippen LogP contribution in [-0.2, 0) is 9.84 Å². The van der Waals surface area contributed by atoms with E-state index in [1.807, 2.05) is 26.0 Å². The fourth-order valence-electron chi connectivity index (χ4n) is 2.05. The normalized spacial score (nSPS) is 11.8. The second kappa shape index (κ2) is 5.28. The van der Waals surface area contributed by atoms with E-state index >= 15 is 0 Å². The average Bonchev–Trinajstić information content (AvgIpc) is 2.63. The Morgan fingerprint density at radius 2 is 2.00 bits per heavy atom. The minimum atomic E-state index is -3.06. The Morgan fingerprint density at radius 3 is 2.65 bits per heavy atom. The molecule has 0 saturated heterocycles. The predicted octanol–water partition coefficient (Wildman–Crippen LogP) is 1.56. The number of aromatic nitrogens is 1. The van der Waals surface area contributed by atoms with E-state index in [1.165, 1.54) is 0 Å². The van der Waals surface area contributed by atoms with Gasteiger partial charge in [0.25, 0.3) is 5.91 Å². The van der Waals surface area contributed by atoms with Gasteiger partial charge < -0.3 is 10.3 Å². The van der Waals surface area contributed by atoms with Crippen LogP contribution in [0.25, 0.3) is 10.9 Å². The highest BCUT2D eigenvalue weighted by Crippen LogP contribution is 2.22. The first-order valence-electron chi connectivity index (χ1n) is 6.33. The van der Waals surface area contributed by atoms with Crippen LogP contribution in [0.2, 0.25) is 0 Å². The number of fused-ring (bicyclic) bond motifs is 1. The summed E-state index contributed by atoms with van der Waals surface area (Å²) in [7, 11) is -3.06. The van der Waals surface area contributed by atoms with E-state index in [0.29, 0.717) is 5.56 Å². The van der Waals surface area contributed by atoms with Crippen molar-refractivity contribution in [1.29, 1.82) is 0 Å². The number of amides is 1. The monoisotopic (exact) mass is 294 g/mol. The van der Waals surface area contributed by atoms with Crippen molar-refractivity contribution in [3.05, 3.63) is 35.0 Å². The number of hydrogen-bond acceptors (Lipinski definition) is 3. The van der Waals surface area contributed by atoms with E-state index in [4.69, 9.17) is 0 Å². The van der Waals surface area contributed by atoms with Crippen molar-refractivity contribution >= 4 is 26.6 Å². The summed E-state index contributed by atoms with van der Waals surface area (Å²) in [6.45, 7) is 4.11. The molecule has 5 nitrogen and oxygen atoms in total. The van der Waals surface area contributed by atoms with Crippen molar-refractivity contribution in [3.63, 3.8) is 0 Å². The minimum absolute atomic E-state index is 0.0523. The summed E-state index contributed by atoms with van der Waals surface area (Å²) >= 11 is 0. The van der Waals surface area contributed by atoms with Crippen LogP contribution in [0.3, 0.4) is 0 Å². The number of carbonyl (C=O) groups excluding carboxylic acids is 1. The molecule has 0 radical (unpaired) electrons. The molecule has 0 unspecified atom stereocenters. The van der Waals surface area contributed by atoms with Crippen molar-refractivity contribution < 1.29 is 13.2 Å². The van der Waals surface area contributed by atoms with E-state index in [1.54, 1.807) is 6.07 Å². The van der Waals surface area contributed by atoms with Crippen LogP contribution in [0, 0.1) is 13.8 Å². The van der Waals surface area contributed by atoms with Crippen molar-refractivity contribution in [3.8, 4) is 0 Å². The number of carbonyl (C=O) groups is 1. The molecule has 0 saturated carbocycles. The molecule has 108 valence electrons. The highest BCUT2D eigenvalue weighted by molar-refractivity contribution is 7.90. The van der Waals surface area contributed by atoms with Crippen molar-refractivity contribution in [2.75, 3.05) is 18.6 Å². The molecule has 1 amide bonds. The van der Waals surface area contributed by atoms with Gasteiger partial charge in [-0.15, -0.1) is 0 Å². The summed E-state index contributed by atoms with van der Waals surface area (Å²) in [6.07, 6.45) is 1.15. The van der Waals surface area contributed by atoms with E-state index in [2.05, 4.69) is 10.3 Å². The van der Waals surface area contributed by atoms with Gasteiger partial charge in [0.2, 0.25) is 0 Å². The second-order valence-electron chi connectivity index (χ2n) is 5.02. The molecule has 0 aliphatic carbocycles. The number of hydrogen-bond donors (Lipinski definition) is 2. The molecule has 0 aliphatic rings. The molecule has 0 spiro atoms. The van der Waals surface area contributed by atoms with Crippen molar-refractivity contribution in [2.45, 2.75) is 13.8 Å². The predicted molar refractivity (Wildman–Crippen MR) is 79.8 cm³/mol. The standard InChI is InChI=1S/C14H18N2O3S/c1-9-10(2)16-13-5-4-11(8-12(9)13)14(17)15-6-7-20(3,18)19/h4-5,8,16H,6-7H2,1-3H3,(H,15,17). The summed E-state index contributed by atoms with van der Waals surface area (Å²) in [5, 5.41) is 3.63. The molecule has 2 aromatic rings. The molecule has 2 rings (SSSR count).